The molecule has 2 aliphatic heterocycles. The molecule has 0 radical (unpaired) electrons. The number of likely N-dealkylation sites (tertiary alicyclic amines) is 1. The maximum absolute atomic E-state index is 13.3. The zero-order chi connectivity index (χ0) is 25.2. The Morgan fingerprint density at radius 1 is 1.03 bits per heavy atom. The summed E-state index contributed by atoms with van der Waals surface area (Å²) in [5.41, 5.74) is 3.05. The highest BCUT2D eigenvalue weighted by molar-refractivity contribution is 6.46. The topological polar surface area (TPSA) is 85.3 Å². The number of carbonyl (C=O) groups excluding carboxylic acids is 2. The average Bonchev–Trinajstić information content (AvgIpc) is 3.47. The van der Waals surface area contributed by atoms with Gasteiger partial charge in [0.1, 0.15) is 23.0 Å². The largest absolute Gasteiger partial charge is 0.507 e. The number of Topliss-reactive ketones (excluding diaryl/α,β-unsaturated/α-hetero) is 1. The van der Waals surface area contributed by atoms with E-state index in [1.165, 1.54) is 4.90 Å². The number of aliphatic hydroxyl groups is 1. The summed E-state index contributed by atoms with van der Waals surface area (Å²) in [6, 6.07) is 19.2. The number of aliphatic hydroxyl groups excluding tert-OH is 1. The summed E-state index contributed by atoms with van der Waals surface area (Å²) >= 11 is 0. The number of ketones is 1. The number of fused-ring (bicyclic) bond motifs is 1. The highest BCUT2D eigenvalue weighted by Crippen LogP contribution is 2.41. The van der Waals surface area contributed by atoms with E-state index in [9.17, 15) is 14.7 Å². The van der Waals surface area contributed by atoms with Gasteiger partial charge in [-0.25, -0.2) is 0 Å². The molecule has 36 heavy (non-hydrogen) atoms. The first-order valence-electron chi connectivity index (χ1n) is 11.9. The lowest BCUT2D eigenvalue weighted by Gasteiger charge is -2.25. The number of amides is 1. The number of benzene rings is 3. The molecule has 2 heterocycles. The molecule has 2 aliphatic rings. The normalized spacial score (nSPS) is 18.2. The van der Waals surface area contributed by atoms with Crippen molar-refractivity contribution in [2.45, 2.75) is 25.9 Å². The molecule has 1 unspecified atom stereocenters. The van der Waals surface area contributed by atoms with Crippen molar-refractivity contribution in [1.29, 1.82) is 0 Å². The molecule has 0 bridgehead atoms. The molecule has 1 N–H and O–H groups in total. The average molecular weight is 486 g/mol. The Hall–Kier alpha value is -4.26. The van der Waals surface area contributed by atoms with Crippen molar-refractivity contribution in [2.24, 2.45) is 0 Å². The van der Waals surface area contributed by atoms with Crippen LogP contribution >= 0.6 is 0 Å². The molecule has 184 valence electrons. The molecule has 7 heteroatoms. The second kappa shape index (κ2) is 9.77. The lowest BCUT2D eigenvalue weighted by Crippen LogP contribution is -2.29. The van der Waals surface area contributed by atoms with Crippen molar-refractivity contribution in [3.63, 3.8) is 0 Å². The van der Waals surface area contributed by atoms with Gasteiger partial charge in [0.2, 0.25) is 0 Å². The van der Waals surface area contributed by atoms with Crippen molar-refractivity contribution in [2.75, 3.05) is 20.3 Å². The van der Waals surface area contributed by atoms with Crippen molar-refractivity contribution >= 4 is 17.4 Å². The molecule has 1 atom stereocenters. The molecule has 0 spiro atoms. The maximum Gasteiger partial charge on any atom is 0.295 e. The lowest BCUT2D eigenvalue weighted by molar-refractivity contribution is -0.140. The van der Waals surface area contributed by atoms with Crippen molar-refractivity contribution in [1.82, 2.24) is 4.90 Å². The summed E-state index contributed by atoms with van der Waals surface area (Å²) < 4.78 is 16.4. The first-order chi connectivity index (χ1) is 17.5. The zero-order valence-corrected chi connectivity index (χ0v) is 20.2. The van der Waals surface area contributed by atoms with Crippen molar-refractivity contribution < 1.29 is 28.9 Å². The van der Waals surface area contributed by atoms with E-state index < -0.39 is 17.7 Å². The molecule has 3 aromatic rings. The summed E-state index contributed by atoms with van der Waals surface area (Å²) in [4.78, 5) is 28.1. The van der Waals surface area contributed by atoms with Crippen LogP contribution in [0, 0.1) is 0 Å². The first-order valence-corrected chi connectivity index (χ1v) is 11.9. The second-order valence-electron chi connectivity index (χ2n) is 8.70. The van der Waals surface area contributed by atoms with Gasteiger partial charge in [-0.15, -0.1) is 0 Å². The molecular formula is C29H27NO6. The predicted molar refractivity (Wildman–Crippen MR) is 134 cm³/mol. The number of rotatable bonds is 7. The summed E-state index contributed by atoms with van der Waals surface area (Å²) in [6.45, 7) is 3.25. The minimum atomic E-state index is -0.757. The minimum absolute atomic E-state index is 0.0648. The smallest absolute Gasteiger partial charge is 0.295 e. The van der Waals surface area contributed by atoms with Crippen LogP contribution in [-0.4, -0.2) is 42.0 Å². The summed E-state index contributed by atoms with van der Waals surface area (Å²) in [5.74, 6) is 0.593. The SMILES string of the molecule is CCOc1ccc(CN2C(=O)C(=O)/C(=C(\O)c3ccc4c(c3)CCO4)C2c2ccc(OC)cc2)cc1. The van der Waals surface area contributed by atoms with Crippen LogP contribution in [0.1, 0.15) is 35.2 Å². The lowest BCUT2D eigenvalue weighted by atomic mass is 9.94. The molecule has 5 rings (SSSR count). The van der Waals surface area contributed by atoms with Gasteiger partial charge in [-0.2, -0.15) is 0 Å². The monoisotopic (exact) mass is 485 g/mol. The fourth-order valence-corrected chi connectivity index (χ4v) is 4.72. The van der Waals surface area contributed by atoms with Gasteiger partial charge in [0.25, 0.3) is 11.7 Å². The van der Waals surface area contributed by atoms with Crippen molar-refractivity contribution in [3.8, 4) is 17.2 Å². The molecule has 1 fully saturated rings. The number of hydrogen-bond donors (Lipinski definition) is 1. The van der Waals surface area contributed by atoms with Gasteiger partial charge in [-0.05, 0) is 66.1 Å². The summed E-state index contributed by atoms with van der Waals surface area (Å²) in [6.07, 6.45) is 0.727. The van der Waals surface area contributed by atoms with E-state index in [4.69, 9.17) is 14.2 Å². The maximum atomic E-state index is 13.3. The van der Waals surface area contributed by atoms with Gasteiger partial charge >= 0.3 is 0 Å². The summed E-state index contributed by atoms with van der Waals surface area (Å²) in [7, 11) is 1.57. The van der Waals surface area contributed by atoms with E-state index in [-0.39, 0.29) is 17.9 Å². The van der Waals surface area contributed by atoms with Crippen LogP contribution in [0.5, 0.6) is 17.2 Å². The fourth-order valence-electron chi connectivity index (χ4n) is 4.72. The molecule has 3 aromatic carbocycles. The standard InChI is InChI=1S/C29H27NO6/c1-3-35-23-9-4-18(5-10-23)17-30-26(19-6-11-22(34-2)12-7-19)25(28(32)29(30)33)27(31)21-8-13-24-20(16-21)14-15-36-24/h4-13,16,26,31H,3,14-15,17H2,1-2H3/b27-25-. The molecular weight excluding hydrogens is 458 g/mol. The van der Waals surface area contributed by atoms with Gasteiger partial charge in [-0.3, -0.25) is 9.59 Å². The molecule has 7 nitrogen and oxygen atoms in total. The third kappa shape index (κ3) is 4.28. The quantitative estimate of drug-likeness (QED) is 0.298. The Morgan fingerprint density at radius 3 is 2.44 bits per heavy atom. The van der Waals surface area contributed by atoms with E-state index in [0.717, 1.165) is 29.0 Å². The fraction of sp³-hybridized carbons (Fsp3) is 0.241. The highest BCUT2D eigenvalue weighted by atomic mass is 16.5. The van der Waals surface area contributed by atoms with Crippen LogP contribution in [0.3, 0.4) is 0 Å². The van der Waals surface area contributed by atoms with Crippen LogP contribution in [0.2, 0.25) is 0 Å². The van der Waals surface area contributed by atoms with E-state index >= 15 is 0 Å². The first kappa shape index (κ1) is 23.5. The van der Waals surface area contributed by atoms with E-state index in [1.54, 1.807) is 31.4 Å². The Kier molecular flexibility index (Phi) is 6.38. The highest BCUT2D eigenvalue weighted by Gasteiger charge is 2.46. The Morgan fingerprint density at radius 2 is 1.75 bits per heavy atom. The molecule has 0 aromatic heterocycles. The van der Waals surface area contributed by atoms with Gasteiger partial charge in [0.15, 0.2) is 0 Å². The number of ether oxygens (including phenoxy) is 3. The summed E-state index contributed by atoms with van der Waals surface area (Å²) in [5, 5.41) is 11.3. The van der Waals surface area contributed by atoms with Crippen LogP contribution in [0.4, 0.5) is 0 Å². The van der Waals surface area contributed by atoms with E-state index in [0.29, 0.717) is 30.1 Å². The van der Waals surface area contributed by atoms with Gasteiger partial charge in [-0.1, -0.05) is 24.3 Å². The van der Waals surface area contributed by atoms with Gasteiger partial charge in [0, 0.05) is 18.5 Å². The number of nitrogens with zero attached hydrogens (tertiary/aromatic N) is 1. The number of hydrogen-bond acceptors (Lipinski definition) is 6. The molecule has 0 aliphatic carbocycles. The van der Waals surface area contributed by atoms with Gasteiger partial charge in [0.05, 0.1) is 31.9 Å². The van der Waals surface area contributed by atoms with Crippen LogP contribution < -0.4 is 14.2 Å². The van der Waals surface area contributed by atoms with Gasteiger partial charge < -0.3 is 24.2 Å². The molecule has 1 amide bonds. The third-order valence-corrected chi connectivity index (χ3v) is 6.52. The van der Waals surface area contributed by atoms with E-state index in [1.807, 2.05) is 49.4 Å². The minimum Gasteiger partial charge on any atom is -0.507 e. The Bertz CT molecular complexity index is 1330. The van der Waals surface area contributed by atoms with Crippen LogP contribution in [-0.2, 0) is 22.6 Å². The molecule has 0 saturated carbocycles. The second-order valence-corrected chi connectivity index (χ2v) is 8.70. The number of methoxy groups -OCH3 is 1. The Labute approximate surface area is 209 Å². The zero-order valence-electron chi connectivity index (χ0n) is 20.2. The predicted octanol–water partition coefficient (Wildman–Crippen LogP) is 4.65. The third-order valence-electron chi connectivity index (χ3n) is 6.52. The van der Waals surface area contributed by atoms with Crippen LogP contribution in [0.15, 0.2) is 72.3 Å². The van der Waals surface area contributed by atoms with Crippen molar-refractivity contribution in [3.05, 3.63) is 94.6 Å². The van der Waals surface area contributed by atoms with Crippen LogP contribution in [0.25, 0.3) is 5.76 Å². The molecule has 1 saturated heterocycles. The van der Waals surface area contributed by atoms with E-state index in [2.05, 4.69) is 0 Å². The number of carbonyl (C=O) groups is 2. The Balaban J connectivity index is 1.58.